The monoisotopic (exact) mass is 215 g/mol. The molecule has 72 valence electrons. The van der Waals surface area contributed by atoms with Crippen LogP contribution in [0.4, 0.5) is 0 Å². The minimum atomic E-state index is -4.24. The van der Waals surface area contributed by atoms with Crippen molar-refractivity contribution in [3.63, 3.8) is 0 Å². The zero-order valence-electron chi connectivity index (χ0n) is 7.95. The topological polar surface area (TPSA) is 69.2 Å². The molecule has 0 radical (unpaired) electrons. The molecule has 13 heavy (non-hydrogen) atoms. The van der Waals surface area contributed by atoms with Crippen molar-refractivity contribution in [2.75, 3.05) is 0 Å². The third kappa shape index (κ3) is 6.88. The molecule has 1 saturated carbocycles. The smallest absolute Gasteiger partial charge is 0.735 e. The fourth-order valence-electron chi connectivity index (χ4n) is 1.60. The van der Waals surface area contributed by atoms with Gasteiger partial charge >= 0.3 is 29.6 Å². The summed E-state index contributed by atoms with van der Waals surface area (Å²) in [6.07, 6.45) is 5.96. The fourth-order valence-corrected chi connectivity index (χ4v) is 2.25. The number of hydrogen-bond acceptors (Lipinski definition) is 3. The van der Waals surface area contributed by atoms with E-state index in [0.29, 0.717) is 0 Å². The van der Waals surface area contributed by atoms with E-state index < -0.39 is 10.3 Å². The van der Waals surface area contributed by atoms with Gasteiger partial charge in [0.2, 0.25) is 0 Å². The maximum atomic E-state index is 10.3. The minimum absolute atomic E-state index is 0. The van der Waals surface area contributed by atoms with E-state index in [1.165, 1.54) is 0 Å². The second kappa shape index (κ2) is 6.37. The van der Waals surface area contributed by atoms with E-state index in [2.05, 4.69) is 4.72 Å². The Bertz CT molecular complexity index is 222. The average Bonchev–Trinajstić information content (AvgIpc) is 2.12. The van der Waals surface area contributed by atoms with Crippen molar-refractivity contribution in [1.82, 2.24) is 4.72 Å². The van der Waals surface area contributed by atoms with Gasteiger partial charge < -0.3 is 4.55 Å². The van der Waals surface area contributed by atoms with Gasteiger partial charge in [0, 0.05) is 6.04 Å². The molecule has 0 aromatic carbocycles. The third-order valence-electron chi connectivity index (χ3n) is 2.17. The van der Waals surface area contributed by atoms with Crippen LogP contribution in [0.1, 0.15) is 38.5 Å². The summed E-state index contributed by atoms with van der Waals surface area (Å²) in [5.74, 6) is 0. The van der Waals surface area contributed by atoms with Crippen LogP contribution >= 0.6 is 0 Å². The van der Waals surface area contributed by atoms with Crippen molar-refractivity contribution in [3.8, 4) is 0 Å². The van der Waals surface area contributed by atoms with Gasteiger partial charge in [0.25, 0.3) is 0 Å². The summed E-state index contributed by atoms with van der Waals surface area (Å²) >= 11 is 0. The Morgan fingerprint density at radius 2 is 1.54 bits per heavy atom. The maximum absolute atomic E-state index is 10.3. The summed E-state index contributed by atoms with van der Waals surface area (Å²) < 4.78 is 33.1. The molecule has 0 aliphatic heterocycles. The van der Waals surface area contributed by atoms with Gasteiger partial charge in [0.15, 0.2) is 10.3 Å². The predicted octanol–water partition coefficient (Wildman–Crippen LogP) is -2.24. The molecule has 0 heterocycles. The Labute approximate surface area is 102 Å². The van der Waals surface area contributed by atoms with E-state index in [1.807, 2.05) is 0 Å². The summed E-state index contributed by atoms with van der Waals surface area (Å²) in [6, 6.07) is -0.116. The van der Waals surface area contributed by atoms with Crippen LogP contribution in [0.25, 0.3) is 0 Å². The van der Waals surface area contributed by atoms with Crippen LogP contribution in [0.5, 0.6) is 0 Å². The van der Waals surface area contributed by atoms with Crippen molar-refractivity contribution >= 4 is 10.3 Å². The first-order valence-corrected chi connectivity index (χ1v) is 5.72. The van der Waals surface area contributed by atoms with Crippen LogP contribution < -0.4 is 34.3 Å². The summed E-state index contributed by atoms with van der Waals surface area (Å²) in [5.41, 5.74) is 0. The van der Waals surface area contributed by atoms with E-state index in [-0.39, 0.29) is 35.6 Å². The second-order valence-electron chi connectivity index (χ2n) is 3.26. The van der Waals surface area contributed by atoms with Crippen LogP contribution in [-0.2, 0) is 10.3 Å². The zero-order valence-corrected chi connectivity index (χ0v) is 10.8. The fraction of sp³-hybridized carbons (Fsp3) is 1.00. The maximum Gasteiger partial charge on any atom is 1.00 e. The van der Waals surface area contributed by atoms with Crippen molar-refractivity contribution in [3.05, 3.63) is 0 Å². The van der Waals surface area contributed by atoms with Gasteiger partial charge in [-0.25, -0.2) is 13.1 Å². The van der Waals surface area contributed by atoms with Crippen molar-refractivity contribution in [1.29, 1.82) is 0 Å². The Hall–Kier alpha value is 0.870. The largest absolute Gasteiger partial charge is 1.00 e. The van der Waals surface area contributed by atoms with Gasteiger partial charge in [-0.15, -0.1) is 0 Å². The van der Waals surface area contributed by atoms with Gasteiger partial charge in [0.05, 0.1) is 0 Å². The molecule has 1 aliphatic carbocycles. The molecule has 0 saturated heterocycles. The molecule has 1 fully saturated rings. The quantitative estimate of drug-likeness (QED) is 0.322. The first-order chi connectivity index (χ1) is 5.58. The van der Waals surface area contributed by atoms with E-state index in [0.717, 1.165) is 38.5 Å². The molecular weight excluding hydrogens is 201 g/mol. The Morgan fingerprint density at radius 1 is 1.08 bits per heavy atom. The Morgan fingerprint density at radius 3 is 1.92 bits per heavy atom. The SMILES string of the molecule is O=S(=O)([O-])NC1CCCCCC1.[Na+]. The van der Waals surface area contributed by atoms with E-state index in [9.17, 15) is 13.0 Å². The minimum Gasteiger partial charge on any atom is -0.735 e. The van der Waals surface area contributed by atoms with Gasteiger partial charge in [-0.2, -0.15) is 0 Å². The first-order valence-electron chi connectivity index (χ1n) is 4.31. The molecule has 6 heteroatoms. The predicted molar refractivity (Wildman–Crippen MR) is 44.3 cm³/mol. The van der Waals surface area contributed by atoms with E-state index in [1.54, 1.807) is 0 Å². The molecule has 0 aromatic rings. The molecule has 0 aromatic heterocycles. The van der Waals surface area contributed by atoms with Crippen LogP contribution in [0, 0.1) is 0 Å². The molecule has 0 unspecified atom stereocenters. The van der Waals surface area contributed by atoms with Gasteiger partial charge in [-0.1, -0.05) is 25.7 Å². The first kappa shape index (κ1) is 13.9. The molecule has 0 atom stereocenters. The summed E-state index contributed by atoms with van der Waals surface area (Å²) in [7, 11) is -4.24. The zero-order chi connectivity index (χ0) is 9.03. The van der Waals surface area contributed by atoms with Crippen LogP contribution in [-0.4, -0.2) is 19.0 Å². The molecule has 4 nitrogen and oxygen atoms in total. The van der Waals surface area contributed by atoms with Crippen molar-refractivity contribution in [2.45, 2.75) is 44.6 Å². The molecule has 0 amide bonds. The van der Waals surface area contributed by atoms with E-state index in [4.69, 9.17) is 0 Å². The van der Waals surface area contributed by atoms with Gasteiger partial charge in [-0.3, -0.25) is 0 Å². The normalized spacial score (nSPS) is 20.4. The van der Waals surface area contributed by atoms with Gasteiger partial charge in [0.1, 0.15) is 0 Å². The Balaban J connectivity index is 0.00000144. The van der Waals surface area contributed by atoms with Crippen molar-refractivity contribution in [2.24, 2.45) is 0 Å². The standard InChI is InChI=1S/C7H15NO3S.Na/c9-12(10,11)8-7-5-3-1-2-4-6-7;/h7-8H,1-6H2,(H,9,10,11);/q;+1/p-1. The molecule has 1 rings (SSSR count). The summed E-state index contributed by atoms with van der Waals surface area (Å²) in [4.78, 5) is 0. The average molecular weight is 215 g/mol. The molecule has 1 N–H and O–H groups in total. The van der Waals surface area contributed by atoms with Crippen LogP contribution in [0.3, 0.4) is 0 Å². The van der Waals surface area contributed by atoms with Gasteiger partial charge in [-0.05, 0) is 12.8 Å². The second-order valence-corrected chi connectivity index (χ2v) is 4.40. The van der Waals surface area contributed by atoms with Crippen LogP contribution in [0.15, 0.2) is 0 Å². The van der Waals surface area contributed by atoms with Crippen LogP contribution in [0.2, 0.25) is 0 Å². The van der Waals surface area contributed by atoms with E-state index >= 15 is 0 Å². The summed E-state index contributed by atoms with van der Waals surface area (Å²) in [5, 5.41) is 0. The molecule has 0 spiro atoms. The molecule has 1 aliphatic rings. The van der Waals surface area contributed by atoms with Crippen molar-refractivity contribution < 1.29 is 42.5 Å². The molecular formula is C7H14NNaO3S. The summed E-state index contributed by atoms with van der Waals surface area (Å²) in [6.45, 7) is 0. The number of hydrogen-bond donors (Lipinski definition) is 1. The third-order valence-corrected chi connectivity index (χ3v) is 2.79. The Kier molecular flexibility index (Phi) is 6.80. The number of rotatable bonds is 2. The molecule has 0 bridgehead atoms. The number of nitrogens with one attached hydrogen (secondary N) is 1.